The molecule has 4 rings (SSSR count). The topological polar surface area (TPSA) is 76.4 Å². The van der Waals surface area contributed by atoms with Gasteiger partial charge in [0, 0.05) is 32.2 Å². The highest BCUT2D eigenvalue weighted by Crippen LogP contribution is 2.47. The minimum atomic E-state index is -0.183. The largest absolute Gasteiger partial charge is 0.376 e. The van der Waals surface area contributed by atoms with Gasteiger partial charge in [-0.15, -0.1) is 34.2 Å². The summed E-state index contributed by atoms with van der Waals surface area (Å²) in [5, 5.41) is 15.1. The third kappa shape index (κ3) is 5.48. The number of halogens is 2. The van der Waals surface area contributed by atoms with E-state index in [2.05, 4.69) is 20.8 Å². The highest BCUT2D eigenvalue weighted by atomic mass is 127. The third-order valence-corrected chi connectivity index (χ3v) is 5.97. The van der Waals surface area contributed by atoms with Crippen molar-refractivity contribution in [1.29, 1.82) is 0 Å². The van der Waals surface area contributed by atoms with Gasteiger partial charge in [0.25, 0.3) is 0 Å². The minimum Gasteiger partial charge on any atom is -0.376 e. The summed E-state index contributed by atoms with van der Waals surface area (Å²) in [4.78, 5) is 4.71. The molecule has 9 heteroatoms. The molecule has 30 heavy (non-hydrogen) atoms. The Balaban J connectivity index is 0.00000256. The molecule has 0 amide bonds. The molecule has 164 valence electrons. The first-order chi connectivity index (χ1) is 14.1. The smallest absolute Gasteiger partial charge is 0.191 e. The zero-order valence-corrected chi connectivity index (χ0v) is 19.9. The minimum absolute atomic E-state index is 0. The van der Waals surface area contributed by atoms with Crippen LogP contribution >= 0.6 is 24.0 Å². The summed E-state index contributed by atoms with van der Waals surface area (Å²) < 4.78 is 21.3. The number of rotatable bonds is 7. The van der Waals surface area contributed by atoms with Crippen molar-refractivity contribution in [2.45, 2.75) is 50.7 Å². The van der Waals surface area contributed by atoms with Crippen molar-refractivity contribution in [3.8, 4) is 0 Å². The standard InChI is InChI=1S/C21H29FN6O.HI/c1-15-26-27-19(28(15)2)13-24-20(23-12-18-7-4-10-29-18)25-14-21(8-9-21)16-5-3-6-17(22)11-16;/h3,5-6,11,18H,4,7-10,12-14H2,1-2H3,(H2,23,24,25);1H. The van der Waals surface area contributed by atoms with Crippen molar-refractivity contribution >= 4 is 29.9 Å². The average Bonchev–Trinajstić information content (AvgIpc) is 3.20. The summed E-state index contributed by atoms with van der Waals surface area (Å²) in [6.07, 6.45) is 4.48. The van der Waals surface area contributed by atoms with Crippen LogP contribution in [0.4, 0.5) is 4.39 Å². The van der Waals surface area contributed by atoms with Gasteiger partial charge < -0.3 is 19.9 Å². The van der Waals surface area contributed by atoms with Gasteiger partial charge in [-0.25, -0.2) is 9.38 Å². The first-order valence-electron chi connectivity index (χ1n) is 10.3. The summed E-state index contributed by atoms with van der Waals surface area (Å²) in [7, 11) is 1.94. The van der Waals surface area contributed by atoms with E-state index in [1.165, 1.54) is 6.07 Å². The molecule has 0 spiro atoms. The maximum atomic E-state index is 13.7. The van der Waals surface area contributed by atoms with Gasteiger partial charge in [0.05, 0.1) is 6.10 Å². The second-order valence-electron chi connectivity index (χ2n) is 8.05. The Morgan fingerprint density at radius 1 is 1.33 bits per heavy atom. The van der Waals surface area contributed by atoms with Crippen molar-refractivity contribution in [2.75, 3.05) is 19.7 Å². The summed E-state index contributed by atoms with van der Waals surface area (Å²) in [5.41, 5.74) is 1.03. The van der Waals surface area contributed by atoms with Gasteiger partial charge in [0.15, 0.2) is 11.8 Å². The number of nitrogens with one attached hydrogen (secondary N) is 2. The van der Waals surface area contributed by atoms with E-state index in [4.69, 9.17) is 9.73 Å². The van der Waals surface area contributed by atoms with Crippen LogP contribution in [-0.2, 0) is 23.7 Å². The number of hydrogen-bond donors (Lipinski definition) is 2. The fourth-order valence-corrected chi connectivity index (χ4v) is 3.72. The van der Waals surface area contributed by atoms with Crippen molar-refractivity contribution in [3.05, 3.63) is 47.3 Å². The average molecular weight is 528 g/mol. The van der Waals surface area contributed by atoms with Gasteiger partial charge >= 0.3 is 0 Å². The van der Waals surface area contributed by atoms with Crippen LogP contribution < -0.4 is 10.6 Å². The molecule has 1 aliphatic heterocycles. The molecular weight excluding hydrogens is 498 g/mol. The van der Waals surface area contributed by atoms with E-state index < -0.39 is 0 Å². The molecule has 0 bridgehead atoms. The first-order valence-corrected chi connectivity index (χ1v) is 10.3. The highest BCUT2D eigenvalue weighted by Gasteiger charge is 2.44. The van der Waals surface area contributed by atoms with Gasteiger partial charge in [-0.05, 0) is 50.3 Å². The van der Waals surface area contributed by atoms with Crippen LogP contribution in [-0.4, -0.2) is 46.5 Å². The van der Waals surface area contributed by atoms with Gasteiger partial charge in [0.1, 0.15) is 18.2 Å². The van der Waals surface area contributed by atoms with Crippen LogP contribution in [0.5, 0.6) is 0 Å². The normalized spacial score (nSPS) is 20.0. The van der Waals surface area contributed by atoms with Gasteiger partial charge in [0.2, 0.25) is 0 Å². The van der Waals surface area contributed by atoms with Crippen molar-refractivity contribution < 1.29 is 9.13 Å². The Morgan fingerprint density at radius 3 is 2.80 bits per heavy atom. The maximum Gasteiger partial charge on any atom is 0.191 e. The van der Waals surface area contributed by atoms with Crippen molar-refractivity contribution in [3.63, 3.8) is 0 Å². The van der Waals surface area contributed by atoms with Gasteiger partial charge in [-0.2, -0.15) is 0 Å². The van der Waals surface area contributed by atoms with Gasteiger partial charge in [-0.1, -0.05) is 12.1 Å². The lowest BCUT2D eigenvalue weighted by atomic mass is 9.96. The number of aryl methyl sites for hydroxylation is 1. The molecule has 1 aromatic heterocycles. The fourth-order valence-electron chi connectivity index (χ4n) is 3.72. The lowest BCUT2D eigenvalue weighted by molar-refractivity contribution is 0.113. The molecule has 2 heterocycles. The lowest BCUT2D eigenvalue weighted by Gasteiger charge is -2.20. The molecule has 2 aliphatic rings. The summed E-state index contributed by atoms with van der Waals surface area (Å²) in [6.45, 7) is 4.62. The molecule has 1 saturated heterocycles. The van der Waals surface area contributed by atoms with Crippen LogP contribution in [0, 0.1) is 12.7 Å². The van der Waals surface area contributed by atoms with E-state index in [0.29, 0.717) is 13.1 Å². The predicted molar refractivity (Wildman–Crippen MR) is 125 cm³/mol. The van der Waals surface area contributed by atoms with E-state index >= 15 is 0 Å². The Morgan fingerprint density at radius 2 is 2.17 bits per heavy atom. The number of hydrogen-bond acceptors (Lipinski definition) is 4. The van der Waals surface area contributed by atoms with Gasteiger partial charge in [-0.3, -0.25) is 0 Å². The molecule has 7 nitrogen and oxygen atoms in total. The Kier molecular flexibility index (Phi) is 7.67. The third-order valence-electron chi connectivity index (χ3n) is 5.97. The molecular formula is C21H30FIN6O. The molecule has 1 unspecified atom stereocenters. The lowest BCUT2D eigenvalue weighted by Crippen LogP contribution is -2.44. The quantitative estimate of drug-likeness (QED) is 0.329. The van der Waals surface area contributed by atoms with Crippen LogP contribution in [0.15, 0.2) is 29.3 Å². The van der Waals surface area contributed by atoms with Crippen molar-refractivity contribution in [1.82, 2.24) is 25.4 Å². The van der Waals surface area contributed by atoms with E-state index in [-0.39, 0.29) is 41.3 Å². The Bertz CT molecular complexity index is 876. The summed E-state index contributed by atoms with van der Waals surface area (Å²) in [6, 6.07) is 6.93. The zero-order chi connectivity index (χ0) is 20.3. The number of nitrogens with zero attached hydrogens (tertiary/aromatic N) is 4. The monoisotopic (exact) mass is 528 g/mol. The van der Waals surface area contributed by atoms with E-state index in [1.807, 2.05) is 24.6 Å². The molecule has 1 saturated carbocycles. The maximum absolute atomic E-state index is 13.7. The van der Waals surface area contributed by atoms with E-state index in [0.717, 1.165) is 62.0 Å². The number of aliphatic imine (C=N–C) groups is 1. The summed E-state index contributed by atoms with van der Waals surface area (Å²) >= 11 is 0. The SMILES string of the molecule is Cc1nnc(CN=C(NCC2CCCO2)NCC2(c3cccc(F)c3)CC2)n1C.I. The first kappa shape index (κ1) is 22.9. The highest BCUT2D eigenvalue weighted by molar-refractivity contribution is 14.0. The second kappa shape index (κ2) is 10.0. The number of ether oxygens (including phenoxy) is 1. The number of aromatic nitrogens is 3. The molecule has 1 aliphatic carbocycles. The van der Waals surface area contributed by atoms with E-state index in [1.54, 1.807) is 12.1 Å². The van der Waals surface area contributed by atoms with Crippen LogP contribution in [0.2, 0.25) is 0 Å². The molecule has 1 atom stereocenters. The number of benzene rings is 1. The Labute approximate surface area is 193 Å². The molecule has 2 fully saturated rings. The van der Waals surface area contributed by atoms with Crippen LogP contribution in [0.3, 0.4) is 0 Å². The molecule has 2 N–H and O–H groups in total. The zero-order valence-electron chi connectivity index (χ0n) is 17.5. The summed E-state index contributed by atoms with van der Waals surface area (Å²) in [5.74, 6) is 2.22. The fraction of sp³-hybridized carbons (Fsp3) is 0.571. The molecule has 0 radical (unpaired) electrons. The molecule has 1 aromatic carbocycles. The van der Waals surface area contributed by atoms with Crippen LogP contribution in [0.1, 0.15) is 42.9 Å². The molecule has 2 aromatic rings. The van der Waals surface area contributed by atoms with Crippen molar-refractivity contribution in [2.24, 2.45) is 12.0 Å². The second-order valence-corrected chi connectivity index (χ2v) is 8.05. The Hall–Kier alpha value is -1.75. The number of guanidine groups is 1. The predicted octanol–water partition coefficient (Wildman–Crippen LogP) is 2.83. The van der Waals surface area contributed by atoms with E-state index in [9.17, 15) is 4.39 Å². The van der Waals surface area contributed by atoms with Crippen LogP contribution in [0.25, 0.3) is 0 Å².